The van der Waals surface area contributed by atoms with Gasteiger partial charge in [-0.05, 0) is 44.5 Å². The van der Waals surface area contributed by atoms with Gasteiger partial charge in [0.05, 0.1) is 18.4 Å². The Morgan fingerprint density at radius 3 is 2.56 bits per heavy atom. The van der Waals surface area contributed by atoms with Crippen molar-refractivity contribution < 1.29 is 17.9 Å². The number of anilines is 1. The number of nitrogens with zero attached hydrogens (tertiary/aromatic N) is 1. The number of H-pyrrole nitrogens is 1. The minimum absolute atomic E-state index is 0.0289. The molecule has 0 saturated heterocycles. The summed E-state index contributed by atoms with van der Waals surface area (Å²) in [5.74, 6) is 0.149. The van der Waals surface area contributed by atoms with Crippen molar-refractivity contribution in [3.8, 4) is 5.75 Å². The van der Waals surface area contributed by atoms with Gasteiger partial charge in [0.25, 0.3) is 15.9 Å². The van der Waals surface area contributed by atoms with E-state index in [0.717, 1.165) is 6.42 Å². The lowest BCUT2D eigenvalue weighted by molar-refractivity contribution is 0.0936. The number of aromatic amines is 1. The molecule has 0 saturated carbocycles. The van der Waals surface area contributed by atoms with Gasteiger partial charge in [0.2, 0.25) is 0 Å². The van der Waals surface area contributed by atoms with Crippen LogP contribution in [0, 0.1) is 0 Å². The SMILES string of the molecule is CCOc1ccc(NS(=O)(=O)c2[nH]ncc2C(=O)N[C@@H](C)CC)cc1. The van der Waals surface area contributed by atoms with Gasteiger partial charge in [-0.3, -0.25) is 14.6 Å². The number of hydrogen-bond acceptors (Lipinski definition) is 5. The van der Waals surface area contributed by atoms with Crippen LogP contribution in [0.5, 0.6) is 5.75 Å². The maximum atomic E-state index is 12.6. The molecule has 2 aromatic rings. The van der Waals surface area contributed by atoms with E-state index in [9.17, 15) is 13.2 Å². The number of nitrogens with one attached hydrogen (secondary N) is 3. The lowest BCUT2D eigenvalue weighted by atomic mass is 10.2. The van der Waals surface area contributed by atoms with Crippen LogP contribution >= 0.6 is 0 Å². The molecule has 0 aliphatic rings. The molecule has 0 spiro atoms. The Balaban J connectivity index is 2.20. The first kappa shape index (κ1) is 18.8. The molecule has 8 nitrogen and oxygen atoms in total. The summed E-state index contributed by atoms with van der Waals surface area (Å²) in [4.78, 5) is 12.2. The van der Waals surface area contributed by atoms with E-state index in [2.05, 4.69) is 20.2 Å². The minimum Gasteiger partial charge on any atom is -0.494 e. The zero-order valence-corrected chi connectivity index (χ0v) is 15.2. The van der Waals surface area contributed by atoms with Gasteiger partial charge in [0, 0.05) is 11.7 Å². The quantitative estimate of drug-likeness (QED) is 0.662. The van der Waals surface area contributed by atoms with Crippen LogP contribution in [-0.2, 0) is 10.0 Å². The molecular weight excluding hydrogens is 344 g/mol. The van der Waals surface area contributed by atoms with Gasteiger partial charge in [-0.25, -0.2) is 0 Å². The van der Waals surface area contributed by atoms with Crippen molar-refractivity contribution >= 4 is 21.6 Å². The summed E-state index contributed by atoms with van der Waals surface area (Å²) in [6.07, 6.45) is 1.93. The van der Waals surface area contributed by atoms with E-state index in [0.29, 0.717) is 18.0 Å². The number of aromatic nitrogens is 2. The molecule has 0 unspecified atom stereocenters. The van der Waals surface area contributed by atoms with Crippen molar-refractivity contribution in [1.29, 1.82) is 0 Å². The van der Waals surface area contributed by atoms with Crippen LogP contribution in [-0.4, -0.2) is 37.2 Å². The highest BCUT2D eigenvalue weighted by Gasteiger charge is 2.25. The molecule has 136 valence electrons. The molecule has 0 fully saturated rings. The fourth-order valence-corrected chi connectivity index (χ4v) is 3.19. The second-order valence-electron chi connectivity index (χ2n) is 5.46. The first-order chi connectivity index (χ1) is 11.9. The first-order valence-corrected chi connectivity index (χ1v) is 9.45. The number of rotatable bonds is 8. The molecule has 1 atom stereocenters. The highest BCUT2D eigenvalue weighted by molar-refractivity contribution is 7.92. The van der Waals surface area contributed by atoms with Crippen LogP contribution in [0.3, 0.4) is 0 Å². The normalized spacial score (nSPS) is 12.4. The predicted octanol–water partition coefficient (Wildman–Crippen LogP) is 2.14. The molecule has 0 aliphatic carbocycles. The van der Waals surface area contributed by atoms with E-state index < -0.39 is 15.9 Å². The van der Waals surface area contributed by atoms with Crippen molar-refractivity contribution in [3.63, 3.8) is 0 Å². The molecule has 2 rings (SSSR count). The third kappa shape index (κ3) is 4.72. The van der Waals surface area contributed by atoms with E-state index in [1.54, 1.807) is 24.3 Å². The number of sulfonamides is 1. The van der Waals surface area contributed by atoms with Gasteiger partial charge in [-0.2, -0.15) is 13.5 Å². The van der Waals surface area contributed by atoms with Gasteiger partial charge in [-0.15, -0.1) is 0 Å². The lowest BCUT2D eigenvalue weighted by Gasteiger charge is -2.12. The third-order valence-corrected chi connectivity index (χ3v) is 4.88. The molecule has 1 amide bonds. The average molecular weight is 366 g/mol. The molecular formula is C16H22N4O4S. The molecule has 1 heterocycles. The molecule has 25 heavy (non-hydrogen) atoms. The van der Waals surface area contributed by atoms with Crippen molar-refractivity contribution in [1.82, 2.24) is 15.5 Å². The van der Waals surface area contributed by atoms with Gasteiger partial charge in [0.15, 0.2) is 5.03 Å². The molecule has 1 aromatic carbocycles. The Bertz CT molecular complexity index is 815. The Morgan fingerprint density at radius 2 is 1.96 bits per heavy atom. The second-order valence-corrected chi connectivity index (χ2v) is 7.08. The standard InChI is InChI=1S/C16H22N4O4S/c1-4-11(3)18-15(21)14-10-17-19-16(14)25(22,23)20-12-6-8-13(9-7-12)24-5-2/h6-11,20H,4-5H2,1-3H3,(H,17,19)(H,18,21)/t11-/m0/s1. The highest BCUT2D eigenvalue weighted by Crippen LogP contribution is 2.20. The highest BCUT2D eigenvalue weighted by atomic mass is 32.2. The number of benzene rings is 1. The average Bonchev–Trinajstić information content (AvgIpc) is 3.07. The number of carbonyl (C=O) groups excluding carboxylic acids is 1. The van der Waals surface area contributed by atoms with Crippen molar-refractivity contribution in [3.05, 3.63) is 36.0 Å². The Morgan fingerprint density at radius 1 is 1.28 bits per heavy atom. The summed E-state index contributed by atoms with van der Waals surface area (Å²) in [6.45, 7) is 6.14. The largest absolute Gasteiger partial charge is 0.494 e. The van der Waals surface area contributed by atoms with Crippen molar-refractivity contribution in [2.75, 3.05) is 11.3 Å². The summed E-state index contributed by atoms with van der Waals surface area (Å²) in [7, 11) is -3.98. The summed E-state index contributed by atoms with van der Waals surface area (Å²) >= 11 is 0. The topological polar surface area (TPSA) is 113 Å². The van der Waals surface area contributed by atoms with Crippen LogP contribution in [0.15, 0.2) is 35.5 Å². The van der Waals surface area contributed by atoms with Crippen LogP contribution in [0.25, 0.3) is 0 Å². The smallest absolute Gasteiger partial charge is 0.279 e. The van der Waals surface area contributed by atoms with Gasteiger partial charge < -0.3 is 10.1 Å². The number of carbonyl (C=O) groups is 1. The molecule has 0 radical (unpaired) electrons. The summed E-state index contributed by atoms with van der Waals surface area (Å²) in [5, 5.41) is 8.53. The Kier molecular flexibility index (Phi) is 6.02. The molecule has 0 bridgehead atoms. The van der Waals surface area contributed by atoms with E-state index in [1.165, 1.54) is 6.20 Å². The van der Waals surface area contributed by atoms with Crippen LogP contribution in [0.4, 0.5) is 5.69 Å². The number of ether oxygens (including phenoxy) is 1. The van der Waals surface area contributed by atoms with Gasteiger partial charge >= 0.3 is 0 Å². The van der Waals surface area contributed by atoms with E-state index in [1.807, 2.05) is 20.8 Å². The monoisotopic (exact) mass is 366 g/mol. The first-order valence-electron chi connectivity index (χ1n) is 7.97. The zero-order chi connectivity index (χ0) is 18.4. The zero-order valence-electron chi connectivity index (χ0n) is 14.4. The molecule has 1 aromatic heterocycles. The Labute approximate surface area is 147 Å². The fourth-order valence-electron chi connectivity index (χ4n) is 2.04. The van der Waals surface area contributed by atoms with Crippen LogP contribution in [0.1, 0.15) is 37.6 Å². The number of amides is 1. The number of hydrogen-bond donors (Lipinski definition) is 3. The summed E-state index contributed by atoms with van der Waals surface area (Å²) in [6, 6.07) is 6.41. The van der Waals surface area contributed by atoms with E-state index in [4.69, 9.17) is 4.74 Å². The summed E-state index contributed by atoms with van der Waals surface area (Å²) in [5.41, 5.74) is 0.324. The lowest BCUT2D eigenvalue weighted by Crippen LogP contribution is -2.33. The maximum Gasteiger partial charge on any atom is 0.279 e. The van der Waals surface area contributed by atoms with Crippen molar-refractivity contribution in [2.45, 2.75) is 38.3 Å². The molecule has 9 heteroatoms. The van der Waals surface area contributed by atoms with Gasteiger partial charge in [0.1, 0.15) is 5.75 Å². The van der Waals surface area contributed by atoms with Gasteiger partial charge in [-0.1, -0.05) is 6.92 Å². The third-order valence-electron chi connectivity index (χ3n) is 3.53. The van der Waals surface area contributed by atoms with E-state index in [-0.39, 0.29) is 16.6 Å². The Hall–Kier alpha value is -2.55. The predicted molar refractivity (Wildman–Crippen MR) is 94.2 cm³/mol. The second kappa shape index (κ2) is 8.02. The van der Waals surface area contributed by atoms with E-state index >= 15 is 0 Å². The van der Waals surface area contributed by atoms with Crippen LogP contribution < -0.4 is 14.8 Å². The minimum atomic E-state index is -3.98. The summed E-state index contributed by atoms with van der Waals surface area (Å²) < 4.78 is 32.9. The van der Waals surface area contributed by atoms with Crippen LogP contribution in [0.2, 0.25) is 0 Å². The molecule has 0 aliphatic heterocycles. The molecule has 3 N–H and O–H groups in total. The fraction of sp³-hybridized carbons (Fsp3) is 0.375. The van der Waals surface area contributed by atoms with Crippen molar-refractivity contribution in [2.24, 2.45) is 0 Å². The maximum absolute atomic E-state index is 12.6.